The summed E-state index contributed by atoms with van der Waals surface area (Å²) >= 11 is 11.7. The van der Waals surface area contributed by atoms with E-state index in [0.29, 0.717) is 15.8 Å². The van der Waals surface area contributed by atoms with Crippen LogP contribution in [0, 0.1) is 0 Å². The van der Waals surface area contributed by atoms with Crippen LogP contribution in [0.2, 0.25) is 10.0 Å². The molecule has 0 amide bonds. The average Bonchev–Trinajstić information content (AvgIpc) is 2.31. The number of hydrogen-bond acceptors (Lipinski definition) is 4. The maximum atomic E-state index is 8.30. The number of rotatable bonds is 4. The first-order chi connectivity index (χ1) is 8.15. The van der Waals surface area contributed by atoms with Gasteiger partial charge < -0.3 is 10.5 Å². The minimum atomic E-state index is -0.225. The minimum Gasteiger partial charge on any atom is -0.485 e. The molecular formula is C9H10Cl2N4O2. The van der Waals surface area contributed by atoms with Crippen molar-refractivity contribution in [1.82, 2.24) is 5.48 Å². The first kappa shape index (κ1) is 13.6. The molecule has 0 heterocycles. The van der Waals surface area contributed by atoms with Crippen LogP contribution in [-0.2, 0) is 0 Å². The van der Waals surface area contributed by atoms with E-state index in [-0.39, 0.29) is 12.6 Å². The quantitative estimate of drug-likeness (QED) is 0.443. The van der Waals surface area contributed by atoms with Gasteiger partial charge in [0.1, 0.15) is 6.61 Å². The van der Waals surface area contributed by atoms with Gasteiger partial charge in [-0.15, -0.1) is 5.10 Å². The fourth-order valence-corrected chi connectivity index (χ4v) is 1.41. The lowest BCUT2D eigenvalue weighted by Gasteiger charge is -2.06. The highest BCUT2D eigenvalue weighted by Crippen LogP contribution is 2.31. The molecule has 1 rings (SSSR count). The summed E-state index contributed by atoms with van der Waals surface area (Å²) in [4.78, 5) is 0. The molecule has 0 saturated heterocycles. The van der Waals surface area contributed by atoms with E-state index in [9.17, 15) is 0 Å². The molecule has 0 unspecified atom stereocenters. The Morgan fingerprint density at radius 3 is 2.71 bits per heavy atom. The molecule has 92 valence electrons. The Morgan fingerprint density at radius 1 is 1.47 bits per heavy atom. The highest BCUT2D eigenvalue weighted by molar-refractivity contribution is 6.37. The zero-order valence-electron chi connectivity index (χ0n) is 8.60. The van der Waals surface area contributed by atoms with Gasteiger partial charge in [0, 0.05) is 0 Å². The number of para-hydroxylation sites is 1. The summed E-state index contributed by atoms with van der Waals surface area (Å²) < 4.78 is 5.28. The number of nitrogens with zero attached hydrogens (tertiary/aromatic N) is 2. The molecule has 4 N–H and O–H groups in total. The molecule has 8 heteroatoms. The van der Waals surface area contributed by atoms with Crippen molar-refractivity contribution < 1.29 is 9.94 Å². The second kappa shape index (κ2) is 6.95. The number of benzene rings is 1. The van der Waals surface area contributed by atoms with Crippen LogP contribution in [0.3, 0.4) is 0 Å². The largest absolute Gasteiger partial charge is 0.485 e. The summed E-state index contributed by atoms with van der Waals surface area (Å²) in [6.07, 6.45) is 1.34. The Kier molecular flexibility index (Phi) is 5.55. The van der Waals surface area contributed by atoms with Gasteiger partial charge in [-0.3, -0.25) is 5.21 Å². The third-order valence-corrected chi connectivity index (χ3v) is 2.18. The summed E-state index contributed by atoms with van der Waals surface area (Å²) in [7, 11) is 0. The molecule has 0 aliphatic carbocycles. The number of ether oxygens (including phenoxy) is 1. The minimum absolute atomic E-state index is 0.117. The van der Waals surface area contributed by atoms with Gasteiger partial charge in [0.25, 0.3) is 0 Å². The van der Waals surface area contributed by atoms with E-state index in [2.05, 4.69) is 10.2 Å². The van der Waals surface area contributed by atoms with E-state index < -0.39 is 0 Å². The molecule has 1 aromatic carbocycles. The van der Waals surface area contributed by atoms with Crippen LogP contribution in [0.4, 0.5) is 0 Å². The molecule has 0 radical (unpaired) electrons. The van der Waals surface area contributed by atoms with Gasteiger partial charge in [0.15, 0.2) is 5.75 Å². The molecule has 0 atom stereocenters. The zero-order chi connectivity index (χ0) is 12.7. The second-order valence-corrected chi connectivity index (χ2v) is 3.57. The summed E-state index contributed by atoms with van der Waals surface area (Å²) in [6.45, 7) is 0.117. The average molecular weight is 277 g/mol. The summed E-state index contributed by atoms with van der Waals surface area (Å²) in [6, 6.07) is 5.03. The van der Waals surface area contributed by atoms with E-state index in [4.69, 9.17) is 38.9 Å². The first-order valence-electron chi connectivity index (χ1n) is 4.47. The highest BCUT2D eigenvalue weighted by atomic mass is 35.5. The zero-order valence-corrected chi connectivity index (χ0v) is 10.1. The van der Waals surface area contributed by atoms with Crippen LogP contribution in [0.25, 0.3) is 0 Å². The van der Waals surface area contributed by atoms with E-state index in [1.165, 1.54) is 6.21 Å². The Labute approximate surface area is 108 Å². The van der Waals surface area contributed by atoms with Gasteiger partial charge in [-0.2, -0.15) is 5.10 Å². The summed E-state index contributed by atoms with van der Waals surface area (Å²) in [5, 5.41) is 16.0. The third kappa shape index (κ3) is 4.48. The number of hydrogen-bond donors (Lipinski definition) is 3. The predicted molar refractivity (Wildman–Crippen MR) is 67.0 cm³/mol. The van der Waals surface area contributed by atoms with Crippen molar-refractivity contribution in [3.63, 3.8) is 0 Å². The third-order valence-electron chi connectivity index (χ3n) is 1.58. The van der Waals surface area contributed by atoms with E-state index in [0.717, 1.165) is 0 Å². The molecule has 0 aliphatic rings. The molecule has 6 nitrogen and oxygen atoms in total. The van der Waals surface area contributed by atoms with Gasteiger partial charge in [0.05, 0.1) is 16.3 Å². The number of nitrogens with one attached hydrogen (secondary N) is 1. The normalized spacial score (nSPS) is 11.8. The fraction of sp³-hybridized carbons (Fsp3) is 0.111. The monoisotopic (exact) mass is 276 g/mol. The van der Waals surface area contributed by atoms with Crippen LogP contribution < -0.4 is 16.0 Å². The van der Waals surface area contributed by atoms with Gasteiger partial charge in [-0.05, 0) is 12.1 Å². The van der Waals surface area contributed by atoms with Crippen molar-refractivity contribution in [1.29, 1.82) is 0 Å². The predicted octanol–water partition coefficient (Wildman–Crippen LogP) is 1.65. The number of guanidine groups is 1. The first-order valence-corrected chi connectivity index (χ1v) is 5.22. The molecule has 1 aromatic rings. The van der Waals surface area contributed by atoms with Crippen LogP contribution >= 0.6 is 23.2 Å². The molecule has 0 aromatic heterocycles. The maximum absolute atomic E-state index is 8.30. The van der Waals surface area contributed by atoms with E-state index in [1.807, 2.05) is 0 Å². The highest BCUT2D eigenvalue weighted by Gasteiger charge is 2.04. The van der Waals surface area contributed by atoms with Crippen molar-refractivity contribution in [3.8, 4) is 5.75 Å². The second-order valence-electron chi connectivity index (χ2n) is 2.76. The SMILES string of the molecule is N/C(=N\N=C/COc1c(Cl)cccc1Cl)NO. The summed E-state index contributed by atoms with van der Waals surface area (Å²) in [5.74, 6) is 0.150. The summed E-state index contributed by atoms with van der Waals surface area (Å²) in [5.41, 5.74) is 6.73. The molecule has 0 fully saturated rings. The Hall–Kier alpha value is -1.50. The van der Waals surface area contributed by atoms with Crippen LogP contribution in [0.15, 0.2) is 28.4 Å². The van der Waals surface area contributed by atoms with Gasteiger partial charge in [0.2, 0.25) is 5.96 Å². The lowest BCUT2D eigenvalue weighted by atomic mass is 10.3. The van der Waals surface area contributed by atoms with Crippen molar-refractivity contribution in [2.45, 2.75) is 0 Å². The molecular weight excluding hydrogens is 267 g/mol. The lowest BCUT2D eigenvalue weighted by molar-refractivity contribution is 0.232. The van der Waals surface area contributed by atoms with Crippen LogP contribution in [-0.4, -0.2) is 24.0 Å². The molecule has 0 spiro atoms. The standard InChI is InChI=1S/C9H10Cl2N4O2/c10-6-2-1-3-7(11)8(6)17-5-4-13-14-9(12)15-16/h1-4,16H,5H2,(H3,12,14,15)/b13-4-. The topological polar surface area (TPSA) is 92.2 Å². The van der Waals surface area contributed by atoms with Crippen molar-refractivity contribution in [3.05, 3.63) is 28.2 Å². The van der Waals surface area contributed by atoms with Gasteiger partial charge in [-0.25, -0.2) is 5.48 Å². The van der Waals surface area contributed by atoms with Crippen LogP contribution in [0.1, 0.15) is 0 Å². The Bertz CT molecular complexity index is 417. The van der Waals surface area contributed by atoms with Crippen LogP contribution in [0.5, 0.6) is 5.75 Å². The Morgan fingerprint density at radius 2 is 2.12 bits per heavy atom. The van der Waals surface area contributed by atoms with Gasteiger partial charge in [-0.1, -0.05) is 29.3 Å². The van der Waals surface area contributed by atoms with E-state index >= 15 is 0 Å². The Balaban J connectivity index is 2.52. The molecule has 0 saturated carbocycles. The van der Waals surface area contributed by atoms with Gasteiger partial charge >= 0.3 is 0 Å². The molecule has 0 aliphatic heterocycles. The molecule has 17 heavy (non-hydrogen) atoms. The lowest BCUT2D eigenvalue weighted by Crippen LogP contribution is -2.27. The maximum Gasteiger partial charge on any atom is 0.237 e. The van der Waals surface area contributed by atoms with Crippen molar-refractivity contribution in [2.75, 3.05) is 6.61 Å². The fourth-order valence-electron chi connectivity index (χ4n) is 0.900. The number of nitrogens with two attached hydrogens (primary N) is 1. The van der Waals surface area contributed by atoms with Crippen molar-refractivity contribution in [2.24, 2.45) is 15.9 Å². The van der Waals surface area contributed by atoms with Crippen molar-refractivity contribution >= 4 is 35.4 Å². The molecule has 0 bridgehead atoms. The number of hydroxylamine groups is 1. The number of halogens is 2. The van der Waals surface area contributed by atoms with E-state index in [1.54, 1.807) is 23.7 Å². The smallest absolute Gasteiger partial charge is 0.237 e.